The molecule has 0 fully saturated rings. The summed E-state index contributed by atoms with van der Waals surface area (Å²) in [7, 11) is 0. The van der Waals surface area contributed by atoms with E-state index in [0.29, 0.717) is 34.7 Å². The highest BCUT2D eigenvalue weighted by molar-refractivity contribution is 7.13. The lowest BCUT2D eigenvalue weighted by atomic mass is 10.1. The number of amides is 1. The van der Waals surface area contributed by atoms with E-state index in [0.717, 1.165) is 29.2 Å². The van der Waals surface area contributed by atoms with Gasteiger partial charge in [0.15, 0.2) is 5.65 Å². The molecule has 0 aromatic carbocycles. The number of aromatic nitrogens is 5. The molecule has 0 unspecified atom stereocenters. The summed E-state index contributed by atoms with van der Waals surface area (Å²) < 4.78 is 6.75. The molecule has 184 valence electrons. The number of rotatable bonds is 9. The summed E-state index contributed by atoms with van der Waals surface area (Å²) in [5, 5.41) is 13.4. The van der Waals surface area contributed by atoms with E-state index in [2.05, 4.69) is 41.2 Å². The fraction of sp³-hybridized carbons (Fsp3) is 0.269. The zero-order chi connectivity index (χ0) is 25.1. The number of nitrogens with zero attached hydrogens (tertiary/aromatic N) is 6. The molecule has 0 saturated heterocycles. The Bertz CT molecular complexity index is 1460. The highest BCUT2D eigenvalue weighted by Crippen LogP contribution is 2.29. The SMILES string of the molecule is CCN(CC)[C@@H](C)CNC(=O)c1cc(-c2cnoc2)nc(-c2cnn3ccc(-c4cccs4)nc23)c1. The van der Waals surface area contributed by atoms with Crippen LogP contribution in [0.25, 0.3) is 38.7 Å². The summed E-state index contributed by atoms with van der Waals surface area (Å²) in [6, 6.07) is 9.73. The Morgan fingerprint density at radius 1 is 1.14 bits per heavy atom. The average Bonchev–Trinajstić information content (AvgIpc) is 3.69. The normalized spacial score (nSPS) is 12.3. The standard InChI is InChI=1S/C26H27N7O2S/c1-4-32(5-2)17(3)13-27-26(34)18-11-22(19-14-29-35-16-19)30-23(12-18)20-15-28-33-9-8-21(31-25(20)33)24-7-6-10-36-24/h6-12,14-17H,4-5,13H2,1-3H3,(H,27,34)/t17-/m0/s1. The molecule has 0 bridgehead atoms. The van der Waals surface area contributed by atoms with Crippen LogP contribution in [-0.2, 0) is 0 Å². The van der Waals surface area contributed by atoms with Gasteiger partial charge >= 0.3 is 0 Å². The summed E-state index contributed by atoms with van der Waals surface area (Å²) in [6.07, 6.45) is 6.70. The van der Waals surface area contributed by atoms with Crippen molar-refractivity contribution >= 4 is 22.9 Å². The number of hydrogen-bond acceptors (Lipinski definition) is 8. The van der Waals surface area contributed by atoms with Crippen molar-refractivity contribution in [2.45, 2.75) is 26.8 Å². The summed E-state index contributed by atoms with van der Waals surface area (Å²) >= 11 is 1.63. The quantitative estimate of drug-likeness (QED) is 0.314. The van der Waals surface area contributed by atoms with Crippen molar-refractivity contribution in [3.8, 4) is 33.1 Å². The average molecular weight is 502 g/mol. The topological polar surface area (TPSA) is 101 Å². The molecule has 0 aliphatic carbocycles. The van der Waals surface area contributed by atoms with Crippen LogP contribution in [0.4, 0.5) is 0 Å². The highest BCUT2D eigenvalue weighted by Gasteiger charge is 2.18. The van der Waals surface area contributed by atoms with Gasteiger partial charge in [0, 0.05) is 24.3 Å². The van der Waals surface area contributed by atoms with Crippen LogP contribution in [0.15, 0.2) is 65.1 Å². The molecule has 5 aromatic rings. The predicted octanol–water partition coefficient (Wildman–Crippen LogP) is 4.63. The number of nitrogens with one attached hydrogen (secondary N) is 1. The Labute approximate surface area is 212 Å². The Balaban J connectivity index is 1.53. The van der Waals surface area contributed by atoms with Gasteiger partial charge in [-0.2, -0.15) is 5.10 Å². The number of pyridine rings is 1. The maximum atomic E-state index is 13.2. The highest BCUT2D eigenvalue weighted by atomic mass is 32.1. The van der Waals surface area contributed by atoms with E-state index >= 15 is 0 Å². The van der Waals surface area contributed by atoms with E-state index in [1.807, 2.05) is 29.8 Å². The van der Waals surface area contributed by atoms with Gasteiger partial charge in [-0.15, -0.1) is 11.3 Å². The number of fused-ring (bicyclic) bond motifs is 1. The van der Waals surface area contributed by atoms with Crippen LogP contribution in [0, 0.1) is 0 Å². The Hall–Kier alpha value is -3.89. The molecule has 0 aliphatic heterocycles. The number of hydrogen-bond donors (Lipinski definition) is 1. The van der Waals surface area contributed by atoms with Crippen LogP contribution in [0.2, 0.25) is 0 Å². The molecule has 1 amide bonds. The van der Waals surface area contributed by atoms with Crippen molar-refractivity contribution < 1.29 is 9.32 Å². The molecule has 9 nitrogen and oxygen atoms in total. The predicted molar refractivity (Wildman–Crippen MR) is 140 cm³/mol. The van der Waals surface area contributed by atoms with Crippen molar-refractivity contribution in [2.75, 3.05) is 19.6 Å². The van der Waals surface area contributed by atoms with Crippen LogP contribution in [-0.4, -0.2) is 61.2 Å². The molecule has 5 aromatic heterocycles. The first-order chi connectivity index (χ1) is 17.6. The Morgan fingerprint density at radius 2 is 1.97 bits per heavy atom. The van der Waals surface area contributed by atoms with Gasteiger partial charge in [0.05, 0.1) is 45.5 Å². The maximum Gasteiger partial charge on any atom is 0.251 e. The number of carbonyl (C=O) groups is 1. The monoisotopic (exact) mass is 501 g/mol. The third kappa shape index (κ3) is 4.77. The van der Waals surface area contributed by atoms with Gasteiger partial charge in [0.25, 0.3) is 5.91 Å². The van der Waals surface area contributed by atoms with Crippen LogP contribution >= 0.6 is 11.3 Å². The van der Waals surface area contributed by atoms with Gasteiger partial charge in [0.1, 0.15) is 6.26 Å². The van der Waals surface area contributed by atoms with Gasteiger partial charge < -0.3 is 9.84 Å². The molecule has 0 saturated carbocycles. The van der Waals surface area contributed by atoms with E-state index in [1.165, 1.54) is 6.26 Å². The molecule has 0 radical (unpaired) electrons. The van der Waals surface area contributed by atoms with Crippen molar-refractivity contribution in [2.24, 2.45) is 0 Å². The molecule has 5 heterocycles. The van der Waals surface area contributed by atoms with E-state index in [4.69, 9.17) is 14.5 Å². The van der Waals surface area contributed by atoms with Gasteiger partial charge in [-0.3, -0.25) is 9.69 Å². The third-order valence-corrected chi connectivity index (χ3v) is 7.12. The summed E-state index contributed by atoms with van der Waals surface area (Å²) in [6.45, 7) is 8.76. The molecule has 36 heavy (non-hydrogen) atoms. The van der Waals surface area contributed by atoms with Crippen molar-refractivity contribution in [1.29, 1.82) is 0 Å². The number of thiophene rings is 1. The minimum Gasteiger partial charge on any atom is -0.364 e. The second kappa shape index (κ2) is 10.4. The second-order valence-corrected chi connectivity index (χ2v) is 9.38. The Kier molecular flexibility index (Phi) is 6.88. The van der Waals surface area contributed by atoms with E-state index in [1.54, 1.807) is 40.4 Å². The lowest BCUT2D eigenvalue weighted by molar-refractivity contribution is 0.0938. The smallest absolute Gasteiger partial charge is 0.251 e. The number of carbonyl (C=O) groups excluding carboxylic acids is 1. The molecular formula is C26H27N7O2S. The maximum absolute atomic E-state index is 13.2. The van der Waals surface area contributed by atoms with Crippen LogP contribution in [0.1, 0.15) is 31.1 Å². The largest absolute Gasteiger partial charge is 0.364 e. The molecule has 0 spiro atoms. The van der Waals surface area contributed by atoms with Crippen molar-refractivity contribution in [3.05, 3.63) is 66.1 Å². The minimum atomic E-state index is -0.168. The fourth-order valence-electron chi connectivity index (χ4n) is 4.21. The zero-order valence-electron chi connectivity index (χ0n) is 20.4. The minimum absolute atomic E-state index is 0.168. The van der Waals surface area contributed by atoms with Gasteiger partial charge in [0.2, 0.25) is 0 Å². The van der Waals surface area contributed by atoms with Gasteiger partial charge in [-0.1, -0.05) is 25.1 Å². The molecular weight excluding hydrogens is 474 g/mol. The van der Waals surface area contributed by atoms with Gasteiger partial charge in [-0.25, -0.2) is 14.5 Å². The first kappa shape index (κ1) is 23.8. The van der Waals surface area contributed by atoms with Crippen molar-refractivity contribution in [3.63, 3.8) is 0 Å². The lowest BCUT2D eigenvalue weighted by Gasteiger charge is -2.26. The molecule has 10 heteroatoms. The molecule has 5 rings (SSSR count). The second-order valence-electron chi connectivity index (χ2n) is 8.44. The Morgan fingerprint density at radius 3 is 2.69 bits per heavy atom. The van der Waals surface area contributed by atoms with E-state index in [9.17, 15) is 4.79 Å². The molecule has 1 atom stereocenters. The first-order valence-electron chi connectivity index (χ1n) is 11.9. The van der Waals surface area contributed by atoms with Crippen LogP contribution in [0.5, 0.6) is 0 Å². The summed E-state index contributed by atoms with van der Waals surface area (Å²) in [4.78, 5) is 26.3. The summed E-state index contributed by atoms with van der Waals surface area (Å²) in [5.74, 6) is -0.168. The summed E-state index contributed by atoms with van der Waals surface area (Å²) in [5.41, 5.74) is 4.63. The fourth-order valence-corrected chi connectivity index (χ4v) is 4.90. The van der Waals surface area contributed by atoms with E-state index < -0.39 is 0 Å². The number of likely N-dealkylation sites (N-methyl/N-ethyl adjacent to an activating group) is 1. The van der Waals surface area contributed by atoms with Crippen molar-refractivity contribution in [1.82, 2.24) is 35.0 Å². The third-order valence-electron chi connectivity index (χ3n) is 6.23. The van der Waals surface area contributed by atoms with Gasteiger partial charge in [-0.05, 0) is 49.7 Å². The van der Waals surface area contributed by atoms with E-state index in [-0.39, 0.29) is 11.9 Å². The van der Waals surface area contributed by atoms with Crippen LogP contribution in [0.3, 0.4) is 0 Å². The molecule has 0 aliphatic rings. The zero-order valence-corrected chi connectivity index (χ0v) is 21.2. The lowest BCUT2D eigenvalue weighted by Crippen LogP contribution is -2.42. The first-order valence-corrected chi connectivity index (χ1v) is 12.8. The molecule has 1 N–H and O–H groups in total. The van der Waals surface area contributed by atoms with Crippen LogP contribution < -0.4 is 5.32 Å².